The fourth-order valence-electron chi connectivity index (χ4n) is 8.27. The van der Waals surface area contributed by atoms with Crippen LogP contribution in [0.2, 0.25) is 0 Å². The number of phenolic OH excluding ortho intramolecular Hbond substituents is 2. The summed E-state index contributed by atoms with van der Waals surface area (Å²) in [6.07, 6.45) is 7.81. The SMILES string of the molecule is CC(C)(C)c1cc(C=N[C@@H]2CCCC[C@H]2N=Cc2cc(C(C)(C)C)cc(C(C)(C)c3ccccc3)c2O)c(O)c(C(C)(C)c2ccccc2)c1.[Co].[O-]c1ccc(Oc2ccccc2)cc1. The van der Waals surface area contributed by atoms with Crippen molar-refractivity contribution >= 4 is 12.4 Å². The maximum atomic E-state index is 11.8. The first-order valence-electron chi connectivity index (χ1n) is 22.7. The molecule has 2 N–H and O–H groups in total. The minimum absolute atomic E-state index is 0. The second kappa shape index (κ2) is 21.1. The van der Waals surface area contributed by atoms with Crippen LogP contribution in [0, 0.1) is 0 Å². The average molecular weight is 915 g/mol. The Morgan fingerprint density at radius 3 is 1.22 bits per heavy atom. The van der Waals surface area contributed by atoms with E-state index in [1.54, 1.807) is 12.1 Å². The minimum atomic E-state index is -0.398. The zero-order valence-electron chi connectivity index (χ0n) is 39.9. The summed E-state index contributed by atoms with van der Waals surface area (Å²) in [5.41, 5.74) is 6.92. The van der Waals surface area contributed by atoms with E-state index >= 15 is 0 Å². The second-order valence-corrected chi connectivity index (χ2v) is 20.3. The molecule has 1 radical (unpaired) electrons. The molecule has 6 nitrogen and oxygen atoms in total. The molecule has 0 bridgehead atoms. The Balaban J connectivity index is 0.000000448. The van der Waals surface area contributed by atoms with E-state index in [-0.39, 0.29) is 56.9 Å². The van der Waals surface area contributed by atoms with Crippen LogP contribution in [0.5, 0.6) is 28.7 Å². The maximum Gasteiger partial charge on any atom is 0.128 e. The Morgan fingerprint density at radius 2 is 0.846 bits per heavy atom. The molecule has 0 saturated heterocycles. The van der Waals surface area contributed by atoms with Gasteiger partial charge in [0.2, 0.25) is 0 Å². The Hall–Kier alpha value is -5.63. The zero-order chi connectivity index (χ0) is 46.3. The second-order valence-electron chi connectivity index (χ2n) is 20.3. The molecule has 0 spiro atoms. The van der Waals surface area contributed by atoms with Crippen molar-refractivity contribution in [1.29, 1.82) is 0 Å². The third kappa shape index (κ3) is 12.6. The molecule has 0 heterocycles. The molecule has 0 amide bonds. The monoisotopic (exact) mass is 914 g/mol. The minimum Gasteiger partial charge on any atom is -0.872 e. The van der Waals surface area contributed by atoms with Crippen molar-refractivity contribution < 1.29 is 36.8 Å². The molecule has 6 aromatic rings. The van der Waals surface area contributed by atoms with Crippen LogP contribution >= 0.6 is 0 Å². The summed E-state index contributed by atoms with van der Waals surface area (Å²) in [5, 5.41) is 34.4. The van der Waals surface area contributed by atoms with Gasteiger partial charge < -0.3 is 20.1 Å². The third-order valence-corrected chi connectivity index (χ3v) is 12.7. The van der Waals surface area contributed by atoms with Gasteiger partial charge in [0.05, 0.1) is 12.1 Å². The number of aromatic hydroxyl groups is 2. The number of phenols is 2. The zero-order valence-corrected chi connectivity index (χ0v) is 40.9. The molecule has 0 aliphatic heterocycles. The number of hydrogen-bond donors (Lipinski definition) is 2. The summed E-state index contributed by atoms with van der Waals surface area (Å²) in [5.74, 6) is 2.00. The van der Waals surface area contributed by atoms with Gasteiger partial charge in [-0.3, -0.25) is 9.98 Å². The van der Waals surface area contributed by atoms with Crippen LogP contribution in [0.15, 0.2) is 150 Å². The molecule has 2 atom stereocenters. The van der Waals surface area contributed by atoms with Crippen molar-refractivity contribution in [3.8, 4) is 28.7 Å². The van der Waals surface area contributed by atoms with Crippen molar-refractivity contribution in [1.82, 2.24) is 0 Å². The van der Waals surface area contributed by atoms with E-state index in [4.69, 9.17) is 14.7 Å². The number of aliphatic imine (C=N–C) groups is 2. The number of rotatable bonds is 10. The fourth-order valence-corrected chi connectivity index (χ4v) is 8.27. The van der Waals surface area contributed by atoms with Crippen LogP contribution in [-0.4, -0.2) is 34.7 Å². The molecule has 7 rings (SSSR count). The van der Waals surface area contributed by atoms with Crippen LogP contribution in [-0.2, 0) is 38.4 Å². The Labute approximate surface area is 398 Å². The molecular formula is C58H67CoN2O4-. The molecule has 1 fully saturated rings. The number of nitrogens with zero attached hydrogens (tertiary/aromatic N) is 2. The summed E-state index contributed by atoms with van der Waals surface area (Å²) in [6, 6.07) is 45.0. The molecule has 1 aliphatic carbocycles. The predicted molar refractivity (Wildman–Crippen MR) is 264 cm³/mol. The van der Waals surface area contributed by atoms with Crippen molar-refractivity contribution in [3.05, 3.63) is 184 Å². The van der Waals surface area contributed by atoms with E-state index in [0.29, 0.717) is 5.75 Å². The van der Waals surface area contributed by atoms with Crippen LogP contribution in [0.3, 0.4) is 0 Å². The van der Waals surface area contributed by atoms with Crippen LogP contribution < -0.4 is 9.84 Å². The van der Waals surface area contributed by atoms with Crippen molar-refractivity contribution in [3.63, 3.8) is 0 Å². The number of ether oxygens (including phenoxy) is 1. The number of benzene rings is 6. The maximum absolute atomic E-state index is 11.8. The molecule has 65 heavy (non-hydrogen) atoms. The first-order valence-corrected chi connectivity index (χ1v) is 22.7. The summed E-state index contributed by atoms with van der Waals surface area (Å²) in [4.78, 5) is 10.3. The van der Waals surface area contributed by atoms with Crippen molar-refractivity contribution in [2.24, 2.45) is 9.98 Å². The van der Waals surface area contributed by atoms with E-state index in [9.17, 15) is 15.3 Å². The average Bonchev–Trinajstić information content (AvgIpc) is 3.27. The molecular weight excluding hydrogens is 848 g/mol. The predicted octanol–water partition coefficient (Wildman–Crippen LogP) is 13.7. The molecule has 6 aromatic carbocycles. The van der Waals surface area contributed by atoms with Gasteiger partial charge in [-0.25, -0.2) is 0 Å². The van der Waals surface area contributed by atoms with Crippen LogP contribution in [0.25, 0.3) is 0 Å². The normalized spacial score (nSPS) is 15.8. The Bertz CT molecular complexity index is 2380. The summed E-state index contributed by atoms with van der Waals surface area (Å²) in [7, 11) is 0. The smallest absolute Gasteiger partial charge is 0.128 e. The standard InChI is InChI=1S/C46H58N2O2.C12H10O2.Co/c1-43(2,3)35-25-31(41(49)37(27-35)45(7,8)33-19-13-11-14-20-33)29-47-39-23-17-18-24-40(39)48-30-32-26-36(44(4,5)6)28-38(42(32)50)46(9,10)34-21-15-12-16-22-34;13-10-6-8-12(9-7-10)14-11-4-2-1-3-5-11;/h11-16,19-22,25-30,39-40,49-50H,17-18,23-24H2,1-10H3;1-9,13H;/p-1/t39-,40-;;/m1../s1. The van der Waals surface area contributed by atoms with Gasteiger partial charge >= 0.3 is 0 Å². The van der Waals surface area contributed by atoms with Gasteiger partial charge in [0.15, 0.2) is 0 Å². The summed E-state index contributed by atoms with van der Waals surface area (Å²) in [6.45, 7) is 22.0. The first kappa shape index (κ1) is 50.4. The van der Waals surface area contributed by atoms with Gasteiger partial charge in [-0.2, -0.15) is 0 Å². The topological polar surface area (TPSA) is 97.5 Å². The largest absolute Gasteiger partial charge is 0.872 e. The van der Waals surface area contributed by atoms with E-state index in [0.717, 1.165) is 75.9 Å². The quantitative estimate of drug-likeness (QED) is 0.134. The van der Waals surface area contributed by atoms with E-state index in [1.165, 1.54) is 12.1 Å². The van der Waals surface area contributed by atoms with E-state index in [2.05, 4.69) is 142 Å². The molecule has 1 saturated carbocycles. The van der Waals surface area contributed by atoms with Gasteiger partial charge in [-0.1, -0.05) is 185 Å². The van der Waals surface area contributed by atoms with E-state index < -0.39 is 10.8 Å². The molecule has 0 aromatic heterocycles. The summed E-state index contributed by atoms with van der Waals surface area (Å²) >= 11 is 0. The molecule has 7 heteroatoms. The third-order valence-electron chi connectivity index (χ3n) is 12.7. The van der Waals surface area contributed by atoms with Gasteiger partial charge in [0.25, 0.3) is 0 Å². The van der Waals surface area contributed by atoms with Gasteiger partial charge in [0.1, 0.15) is 23.0 Å². The molecule has 343 valence electrons. The van der Waals surface area contributed by atoms with E-state index in [1.807, 2.05) is 54.9 Å². The van der Waals surface area contributed by atoms with Crippen molar-refractivity contribution in [2.75, 3.05) is 0 Å². The van der Waals surface area contributed by atoms with Gasteiger partial charge in [0, 0.05) is 62.3 Å². The van der Waals surface area contributed by atoms with Gasteiger partial charge in [-0.05, 0) is 82.3 Å². The number of hydrogen-bond acceptors (Lipinski definition) is 6. The van der Waals surface area contributed by atoms with Crippen LogP contribution in [0.4, 0.5) is 0 Å². The Morgan fingerprint density at radius 1 is 0.492 bits per heavy atom. The van der Waals surface area contributed by atoms with Gasteiger partial charge in [-0.15, -0.1) is 5.75 Å². The Kier molecular flexibility index (Phi) is 16.4. The van der Waals surface area contributed by atoms with Crippen molar-refractivity contribution in [2.45, 2.75) is 129 Å². The summed E-state index contributed by atoms with van der Waals surface area (Å²) < 4.78 is 5.49. The molecule has 1 aliphatic rings. The first-order chi connectivity index (χ1) is 30.2. The molecule has 0 unspecified atom stereocenters. The van der Waals surface area contributed by atoms with Crippen LogP contribution in [0.1, 0.15) is 139 Å². The number of para-hydroxylation sites is 1. The fraction of sp³-hybridized carbons (Fsp3) is 0.345.